The molecule has 6 nitrogen and oxygen atoms in total. The van der Waals surface area contributed by atoms with Crippen LogP contribution in [0.3, 0.4) is 0 Å². The smallest absolute Gasteiger partial charge is 0.328 e. The lowest BCUT2D eigenvalue weighted by molar-refractivity contribution is -0.156. The summed E-state index contributed by atoms with van der Waals surface area (Å²) in [6.07, 6.45) is 3.14. The fourth-order valence-corrected chi connectivity index (χ4v) is 3.45. The summed E-state index contributed by atoms with van der Waals surface area (Å²) in [6.45, 7) is 0.925. The molecule has 0 spiro atoms. The Balaban J connectivity index is 1.74. The van der Waals surface area contributed by atoms with Gasteiger partial charge in [-0.05, 0) is 37.3 Å². The quantitative estimate of drug-likeness (QED) is 0.789. The fraction of sp³-hybridized carbons (Fsp3) is 0.556. The molecule has 130 valence electrons. The largest absolute Gasteiger partial charge is 0.497 e. The second-order valence-electron chi connectivity index (χ2n) is 6.25. The lowest BCUT2D eigenvalue weighted by Crippen LogP contribution is -2.52. The van der Waals surface area contributed by atoms with Crippen LogP contribution in [0, 0.1) is 5.92 Å². The van der Waals surface area contributed by atoms with Crippen molar-refractivity contribution in [3.63, 3.8) is 0 Å². The number of esters is 1. The maximum Gasteiger partial charge on any atom is 0.328 e. The minimum absolute atomic E-state index is 0.0217. The third kappa shape index (κ3) is 3.18. The van der Waals surface area contributed by atoms with Crippen molar-refractivity contribution in [1.29, 1.82) is 0 Å². The number of carbonyl (C=O) groups excluding carboxylic acids is 2. The average molecular weight is 333 g/mol. The number of rotatable bonds is 3. The van der Waals surface area contributed by atoms with Crippen LogP contribution >= 0.6 is 0 Å². The topological polar surface area (TPSA) is 65.1 Å². The SMILES string of the molecule is COC(=O)[C@@H]1CCCCN1C(=O)[C@@H]1COc2cc(OC)ccc2C1. The number of nitrogens with zero attached hydrogens (tertiary/aromatic N) is 1. The summed E-state index contributed by atoms with van der Waals surface area (Å²) in [4.78, 5) is 26.6. The first kappa shape index (κ1) is 16.6. The summed E-state index contributed by atoms with van der Waals surface area (Å²) < 4.78 is 15.8. The number of ether oxygens (including phenoxy) is 3. The number of fused-ring (bicyclic) bond motifs is 1. The van der Waals surface area contributed by atoms with Crippen molar-refractivity contribution in [3.8, 4) is 11.5 Å². The van der Waals surface area contributed by atoms with Crippen molar-refractivity contribution in [2.45, 2.75) is 31.7 Å². The van der Waals surface area contributed by atoms with Gasteiger partial charge in [0.15, 0.2) is 0 Å². The van der Waals surface area contributed by atoms with Gasteiger partial charge in [-0.1, -0.05) is 6.07 Å². The molecule has 1 amide bonds. The van der Waals surface area contributed by atoms with Crippen molar-refractivity contribution in [2.24, 2.45) is 5.92 Å². The Morgan fingerprint density at radius 1 is 1.25 bits per heavy atom. The van der Waals surface area contributed by atoms with Crippen molar-refractivity contribution in [3.05, 3.63) is 23.8 Å². The highest BCUT2D eigenvalue weighted by atomic mass is 16.5. The number of amides is 1. The number of likely N-dealkylation sites (tertiary alicyclic amines) is 1. The van der Waals surface area contributed by atoms with Gasteiger partial charge in [-0.15, -0.1) is 0 Å². The van der Waals surface area contributed by atoms with E-state index in [1.54, 1.807) is 12.0 Å². The molecule has 2 aliphatic rings. The molecule has 1 aromatic rings. The summed E-state index contributed by atoms with van der Waals surface area (Å²) in [6, 6.07) is 5.18. The molecule has 6 heteroatoms. The first-order valence-electron chi connectivity index (χ1n) is 8.32. The minimum atomic E-state index is -0.464. The molecular formula is C18H23NO5. The molecule has 1 aromatic carbocycles. The normalized spacial score (nSPS) is 23.0. The van der Waals surface area contributed by atoms with Gasteiger partial charge in [0.25, 0.3) is 0 Å². The number of carbonyl (C=O) groups is 2. The molecule has 24 heavy (non-hydrogen) atoms. The molecule has 2 heterocycles. The molecule has 0 radical (unpaired) electrons. The maximum atomic E-state index is 12.9. The lowest BCUT2D eigenvalue weighted by atomic mass is 9.93. The van der Waals surface area contributed by atoms with E-state index in [0.29, 0.717) is 26.0 Å². The van der Waals surface area contributed by atoms with E-state index in [1.165, 1.54) is 7.11 Å². The van der Waals surface area contributed by atoms with E-state index in [-0.39, 0.29) is 17.8 Å². The number of piperidine rings is 1. The van der Waals surface area contributed by atoms with E-state index in [0.717, 1.165) is 29.9 Å². The molecule has 0 unspecified atom stereocenters. The van der Waals surface area contributed by atoms with E-state index < -0.39 is 6.04 Å². The molecule has 0 saturated carbocycles. The van der Waals surface area contributed by atoms with Crippen LogP contribution in [-0.4, -0.2) is 50.2 Å². The lowest BCUT2D eigenvalue weighted by Gasteiger charge is -2.37. The van der Waals surface area contributed by atoms with Crippen molar-refractivity contribution >= 4 is 11.9 Å². The van der Waals surface area contributed by atoms with Gasteiger partial charge in [-0.25, -0.2) is 4.79 Å². The predicted octanol–water partition coefficient (Wildman–Crippen LogP) is 1.80. The van der Waals surface area contributed by atoms with E-state index in [9.17, 15) is 9.59 Å². The highest BCUT2D eigenvalue weighted by Crippen LogP contribution is 2.32. The van der Waals surface area contributed by atoms with E-state index in [2.05, 4.69) is 0 Å². The van der Waals surface area contributed by atoms with Crippen LogP contribution in [-0.2, 0) is 20.7 Å². The Hall–Kier alpha value is -2.24. The van der Waals surface area contributed by atoms with Crippen molar-refractivity contribution in [1.82, 2.24) is 4.90 Å². The first-order chi connectivity index (χ1) is 11.6. The molecule has 3 rings (SSSR count). The Morgan fingerprint density at radius 2 is 2.08 bits per heavy atom. The average Bonchev–Trinajstić information content (AvgIpc) is 2.65. The van der Waals surface area contributed by atoms with Gasteiger partial charge in [0.05, 0.1) is 20.1 Å². The van der Waals surface area contributed by atoms with Crippen LogP contribution in [0.4, 0.5) is 0 Å². The molecule has 2 aliphatic heterocycles. The molecule has 1 fully saturated rings. The van der Waals surface area contributed by atoms with Crippen LogP contribution in [0.5, 0.6) is 11.5 Å². The van der Waals surface area contributed by atoms with E-state index in [4.69, 9.17) is 14.2 Å². The summed E-state index contributed by atoms with van der Waals surface area (Å²) in [7, 11) is 2.98. The Morgan fingerprint density at radius 3 is 2.83 bits per heavy atom. The Bertz CT molecular complexity index is 630. The van der Waals surface area contributed by atoms with Crippen molar-refractivity contribution < 1.29 is 23.8 Å². The van der Waals surface area contributed by atoms with Gasteiger partial charge in [-0.2, -0.15) is 0 Å². The zero-order valence-electron chi connectivity index (χ0n) is 14.1. The third-order valence-electron chi connectivity index (χ3n) is 4.79. The molecule has 0 aliphatic carbocycles. The predicted molar refractivity (Wildman–Crippen MR) is 87.1 cm³/mol. The van der Waals surface area contributed by atoms with Gasteiger partial charge in [0.2, 0.25) is 5.91 Å². The number of hydrogen-bond donors (Lipinski definition) is 0. The van der Waals surface area contributed by atoms with Gasteiger partial charge < -0.3 is 19.1 Å². The number of hydrogen-bond acceptors (Lipinski definition) is 5. The van der Waals surface area contributed by atoms with Gasteiger partial charge in [0.1, 0.15) is 24.1 Å². The zero-order chi connectivity index (χ0) is 17.1. The van der Waals surface area contributed by atoms with Gasteiger partial charge in [-0.3, -0.25) is 4.79 Å². The zero-order valence-corrected chi connectivity index (χ0v) is 14.1. The van der Waals surface area contributed by atoms with Crippen LogP contribution in [0.1, 0.15) is 24.8 Å². The molecule has 0 bridgehead atoms. The van der Waals surface area contributed by atoms with Crippen LogP contribution in [0.15, 0.2) is 18.2 Å². The Labute approximate surface area is 141 Å². The summed E-state index contributed by atoms with van der Waals surface area (Å²) in [5.41, 5.74) is 0.993. The van der Waals surface area contributed by atoms with Gasteiger partial charge >= 0.3 is 5.97 Å². The second kappa shape index (κ2) is 7.11. The highest BCUT2D eigenvalue weighted by molar-refractivity contribution is 5.86. The number of methoxy groups -OCH3 is 2. The van der Waals surface area contributed by atoms with Crippen LogP contribution < -0.4 is 9.47 Å². The molecular weight excluding hydrogens is 310 g/mol. The van der Waals surface area contributed by atoms with E-state index >= 15 is 0 Å². The van der Waals surface area contributed by atoms with Crippen LogP contribution in [0.2, 0.25) is 0 Å². The fourth-order valence-electron chi connectivity index (χ4n) is 3.45. The minimum Gasteiger partial charge on any atom is -0.497 e. The standard InChI is InChI=1S/C18H23NO5/c1-22-14-7-6-12-9-13(11-24-16(12)10-14)17(20)19-8-4-3-5-15(19)18(21)23-2/h6-7,10,13,15H,3-5,8-9,11H2,1-2H3/t13-,15-/m0/s1. The Kier molecular flexibility index (Phi) is 4.92. The highest BCUT2D eigenvalue weighted by Gasteiger charge is 2.37. The number of benzene rings is 1. The summed E-state index contributed by atoms with van der Waals surface area (Å²) in [5, 5.41) is 0. The molecule has 0 N–H and O–H groups in total. The molecule has 0 aromatic heterocycles. The van der Waals surface area contributed by atoms with Gasteiger partial charge in [0, 0.05) is 12.6 Å². The van der Waals surface area contributed by atoms with E-state index in [1.807, 2.05) is 18.2 Å². The summed E-state index contributed by atoms with van der Waals surface area (Å²) in [5.74, 6) is 0.884. The van der Waals surface area contributed by atoms with Crippen molar-refractivity contribution in [2.75, 3.05) is 27.4 Å². The summed E-state index contributed by atoms with van der Waals surface area (Å²) >= 11 is 0. The maximum absolute atomic E-state index is 12.9. The monoisotopic (exact) mass is 333 g/mol. The first-order valence-corrected chi connectivity index (χ1v) is 8.32. The molecule has 2 atom stereocenters. The third-order valence-corrected chi connectivity index (χ3v) is 4.79. The molecule has 1 saturated heterocycles. The van der Waals surface area contributed by atoms with Crippen LogP contribution in [0.25, 0.3) is 0 Å². The second-order valence-corrected chi connectivity index (χ2v) is 6.25.